The molecule has 2 N–H and O–H groups in total. The Bertz CT molecular complexity index is 791. The number of hydrogen-bond donors (Lipinski definition) is 2. The van der Waals surface area contributed by atoms with Crippen molar-refractivity contribution in [1.29, 1.82) is 0 Å². The standard InChI is InChI=1S/C17H18BrN3O3S/c1-10(22)21-6-4-16(5-7-21)9-17(14(23)19-15(25)20-17)12-8-11(18)2-3-13(12)24-16/h2-3,8H,4-7,9H2,1H3,(H2,19,20,23,25). The van der Waals surface area contributed by atoms with E-state index in [9.17, 15) is 9.59 Å². The topological polar surface area (TPSA) is 70.7 Å². The van der Waals surface area contributed by atoms with Gasteiger partial charge >= 0.3 is 0 Å². The highest BCUT2D eigenvalue weighted by Gasteiger charge is 2.57. The van der Waals surface area contributed by atoms with E-state index in [1.807, 2.05) is 23.1 Å². The molecule has 4 rings (SSSR count). The first-order valence-electron chi connectivity index (χ1n) is 8.22. The van der Waals surface area contributed by atoms with Crippen molar-refractivity contribution in [1.82, 2.24) is 15.5 Å². The van der Waals surface area contributed by atoms with E-state index in [4.69, 9.17) is 17.0 Å². The molecule has 2 spiro atoms. The summed E-state index contributed by atoms with van der Waals surface area (Å²) in [5.74, 6) is 0.620. The van der Waals surface area contributed by atoms with Crippen molar-refractivity contribution in [3.8, 4) is 5.75 Å². The molecule has 1 unspecified atom stereocenters. The maximum absolute atomic E-state index is 12.8. The molecule has 3 heterocycles. The number of likely N-dealkylation sites (tertiary alicyclic amines) is 1. The molecule has 3 aliphatic rings. The summed E-state index contributed by atoms with van der Waals surface area (Å²) in [6.45, 7) is 2.84. The highest BCUT2D eigenvalue weighted by molar-refractivity contribution is 9.10. The number of nitrogens with zero attached hydrogens (tertiary/aromatic N) is 1. The Kier molecular flexibility index (Phi) is 3.81. The second kappa shape index (κ2) is 5.67. The number of carbonyl (C=O) groups excluding carboxylic acids is 2. The van der Waals surface area contributed by atoms with Gasteiger partial charge in [0.25, 0.3) is 5.91 Å². The maximum Gasteiger partial charge on any atom is 0.256 e. The van der Waals surface area contributed by atoms with Crippen LogP contribution in [0.1, 0.15) is 31.7 Å². The number of fused-ring (bicyclic) bond motifs is 2. The van der Waals surface area contributed by atoms with Gasteiger partial charge in [-0.15, -0.1) is 0 Å². The van der Waals surface area contributed by atoms with E-state index < -0.39 is 11.1 Å². The normalized spacial score (nSPS) is 26.9. The molecule has 0 saturated carbocycles. The molecule has 6 nitrogen and oxygen atoms in total. The molecular weight excluding hydrogens is 406 g/mol. The fourth-order valence-electron chi connectivity index (χ4n) is 4.09. The smallest absolute Gasteiger partial charge is 0.256 e. The summed E-state index contributed by atoms with van der Waals surface area (Å²) in [5.41, 5.74) is -0.622. The highest BCUT2D eigenvalue weighted by Crippen LogP contribution is 2.49. The number of benzene rings is 1. The van der Waals surface area contributed by atoms with Gasteiger partial charge in [-0.05, 0) is 30.4 Å². The predicted molar refractivity (Wildman–Crippen MR) is 99.2 cm³/mol. The molecule has 1 atom stereocenters. The quantitative estimate of drug-likeness (QED) is 0.622. The average molecular weight is 424 g/mol. The summed E-state index contributed by atoms with van der Waals surface area (Å²) in [6.07, 6.45) is 1.86. The van der Waals surface area contributed by atoms with Crippen molar-refractivity contribution < 1.29 is 14.3 Å². The van der Waals surface area contributed by atoms with Crippen molar-refractivity contribution >= 4 is 45.1 Å². The first-order valence-corrected chi connectivity index (χ1v) is 9.42. The fraction of sp³-hybridized carbons (Fsp3) is 0.471. The van der Waals surface area contributed by atoms with E-state index in [0.717, 1.165) is 10.0 Å². The fourth-order valence-corrected chi connectivity index (χ4v) is 4.71. The number of rotatable bonds is 0. The van der Waals surface area contributed by atoms with Crippen molar-refractivity contribution in [2.75, 3.05) is 13.1 Å². The summed E-state index contributed by atoms with van der Waals surface area (Å²) in [7, 11) is 0. The van der Waals surface area contributed by atoms with E-state index in [-0.39, 0.29) is 11.8 Å². The van der Waals surface area contributed by atoms with E-state index in [1.165, 1.54) is 0 Å². The van der Waals surface area contributed by atoms with Gasteiger partial charge in [0.1, 0.15) is 11.4 Å². The van der Waals surface area contributed by atoms with Crippen LogP contribution in [0.4, 0.5) is 0 Å². The van der Waals surface area contributed by atoms with Gasteiger partial charge < -0.3 is 20.3 Å². The van der Waals surface area contributed by atoms with Crippen LogP contribution in [-0.2, 0) is 15.1 Å². The molecule has 2 amide bonds. The van der Waals surface area contributed by atoms with Crippen molar-refractivity contribution in [2.45, 2.75) is 37.3 Å². The Morgan fingerprint density at radius 3 is 2.68 bits per heavy atom. The molecule has 0 radical (unpaired) electrons. The molecule has 132 valence electrons. The lowest BCUT2D eigenvalue weighted by atomic mass is 9.72. The second-order valence-corrected chi connectivity index (χ2v) is 8.25. The molecule has 2 fully saturated rings. The lowest BCUT2D eigenvalue weighted by Crippen LogP contribution is -2.59. The Hall–Kier alpha value is -1.67. The molecule has 2 saturated heterocycles. The van der Waals surface area contributed by atoms with Gasteiger partial charge in [0, 0.05) is 49.3 Å². The SMILES string of the molecule is CC(=O)N1CCC2(CC1)CC1(NC(=S)NC1=O)c1cc(Br)ccc1O2. The van der Waals surface area contributed by atoms with Gasteiger partial charge in [-0.1, -0.05) is 15.9 Å². The number of carbonyl (C=O) groups is 2. The number of nitrogens with one attached hydrogen (secondary N) is 2. The number of hydrogen-bond acceptors (Lipinski definition) is 4. The van der Waals surface area contributed by atoms with Crippen LogP contribution in [0.25, 0.3) is 0 Å². The maximum atomic E-state index is 12.8. The Balaban J connectivity index is 1.76. The van der Waals surface area contributed by atoms with E-state index in [2.05, 4.69) is 26.6 Å². The summed E-state index contributed by atoms with van der Waals surface area (Å²) < 4.78 is 7.27. The Morgan fingerprint density at radius 2 is 2.08 bits per heavy atom. The van der Waals surface area contributed by atoms with Gasteiger partial charge in [0.05, 0.1) is 0 Å². The minimum absolute atomic E-state index is 0.0719. The highest BCUT2D eigenvalue weighted by atomic mass is 79.9. The third-order valence-corrected chi connectivity index (χ3v) is 6.07. The number of amides is 2. The average Bonchev–Trinajstić information content (AvgIpc) is 2.83. The number of piperidine rings is 1. The zero-order valence-corrected chi connectivity index (χ0v) is 16.1. The third kappa shape index (κ3) is 2.62. The summed E-state index contributed by atoms with van der Waals surface area (Å²) in [5, 5.41) is 6.27. The first kappa shape index (κ1) is 16.8. The first-order chi connectivity index (χ1) is 11.8. The van der Waals surface area contributed by atoms with Crippen LogP contribution < -0.4 is 15.4 Å². The second-order valence-electron chi connectivity index (χ2n) is 6.92. The van der Waals surface area contributed by atoms with Crippen LogP contribution in [0.5, 0.6) is 5.75 Å². The number of ether oxygens (including phenoxy) is 1. The largest absolute Gasteiger partial charge is 0.487 e. The molecule has 0 aliphatic carbocycles. The van der Waals surface area contributed by atoms with E-state index in [1.54, 1.807) is 6.92 Å². The molecule has 25 heavy (non-hydrogen) atoms. The zero-order chi connectivity index (χ0) is 17.8. The molecule has 1 aromatic rings. The van der Waals surface area contributed by atoms with E-state index >= 15 is 0 Å². The van der Waals surface area contributed by atoms with Gasteiger partial charge in [-0.3, -0.25) is 9.59 Å². The Morgan fingerprint density at radius 1 is 1.36 bits per heavy atom. The lowest BCUT2D eigenvalue weighted by molar-refractivity contribution is -0.136. The van der Waals surface area contributed by atoms with Crippen LogP contribution in [0.3, 0.4) is 0 Å². The van der Waals surface area contributed by atoms with Crippen LogP contribution in [-0.4, -0.2) is 40.5 Å². The molecule has 0 bridgehead atoms. The molecule has 1 aromatic carbocycles. The minimum Gasteiger partial charge on any atom is -0.487 e. The molecule has 0 aromatic heterocycles. The van der Waals surface area contributed by atoms with Gasteiger partial charge in [-0.25, -0.2) is 0 Å². The third-order valence-electron chi connectivity index (χ3n) is 5.38. The Labute approximate surface area is 159 Å². The van der Waals surface area contributed by atoms with Gasteiger partial charge in [-0.2, -0.15) is 0 Å². The summed E-state index contributed by atoms with van der Waals surface area (Å²) >= 11 is 8.68. The zero-order valence-electron chi connectivity index (χ0n) is 13.7. The lowest BCUT2D eigenvalue weighted by Gasteiger charge is -2.49. The summed E-state index contributed by atoms with van der Waals surface area (Å²) in [6, 6.07) is 5.70. The monoisotopic (exact) mass is 423 g/mol. The van der Waals surface area contributed by atoms with Crippen LogP contribution in [0.15, 0.2) is 22.7 Å². The molecule has 3 aliphatic heterocycles. The van der Waals surface area contributed by atoms with Gasteiger partial charge in [0.15, 0.2) is 10.7 Å². The van der Waals surface area contributed by atoms with Crippen molar-refractivity contribution in [3.05, 3.63) is 28.2 Å². The van der Waals surface area contributed by atoms with Crippen LogP contribution in [0, 0.1) is 0 Å². The molecule has 8 heteroatoms. The van der Waals surface area contributed by atoms with E-state index in [0.29, 0.717) is 43.2 Å². The predicted octanol–water partition coefficient (Wildman–Crippen LogP) is 1.81. The number of thiocarbonyl (C=S) groups is 1. The summed E-state index contributed by atoms with van der Waals surface area (Å²) in [4.78, 5) is 26.3. The molecular formula is C17H18BrN3O3S. The van der Waals surface area contributed by atoms with Crippen molar-refractivity contribution in [3.63, 3.8) is 0 Å². The number of halogens is 1. The van der Waals surface area contributed by atoms with Crippen LogP contribution >= 0.6 is 28.1 Å². The van der Waals surface area contributed by atoms with Crippen molar-refractivity contribution in [2.24, 2.45) is 0 Å². The minimum atomic E-state index is -0.924. The van der Waals surface area contributed by atoms with Crippen LogP contribution in [0.2, 0.25) is 0 Å². The van der Waals surface area contributed by atoms with Gasteiger partial charge in [0.2, 0.25) is 5.91 Å².